The van der Waals surface area contributed by atoms with Gasteiger partial charge >= 0.3 is 0 Å². The first-order chi connectivity index (χ1) is 9.70. The van der Waals surface area contributed by atoms with Gasteiger partial charge in [0.25, 0.3) is 0 Å². The Morgan fingerprint density at radius 2 is 1.55 bits per heavy atom. The molecule has 0 fully saturated rings. The zero-order chi connectivity index (χ0) is 14.4. The van der Waals surface area contributed by atoms with Gasteiger partial charge in [0.2, 0.25) is 0 Å². The van der Waals surface area contributed by atoms with Gasteiger partial charge in [-0.1, -0.05) is 68.4 Å². The van der Waals surface area contributed by atoms with Crippen LogP contribution in [0.25, 0.3) is 0 Å². The van der Waals surface area contributed by atoms with Crippen LogP contribution in [0.1, 0.15) is 42.5 Å². The van der Waals surface area contributed by atoms with Crippen molar-refractivity contribution in [2.24, 2.45) is 0 Å². The van der Waals surface area contributed by atoms with Crippen molar-refractivity contribution < 1.29 is 0 Å². The maximum atomic E-state index is 9.32. The lowest BCUT2D eigenvalue weighted by Crippen LogP contribution is -2.19. The minimum atomic E-state index is -0.267. The molecule has 0 bridgehead atoms. The van der Waals surface area contributed by atoms with E-state index in [1.54, 1.807) is 0 Å². The highest BCUT2D eigenvalue weighted by Gasteiger charge is 2.10. The van der Waals surface area contributed by atoms with Crippen LogP contribution in [0.5, 0.6) is 0 Å². The predicted octanol–water partition coefficient (Wildman–Crippen LogP) is 4.16. The van der Waals surface area contributed by atoms with E-state index in [1.165, 1.54) is 11.1 Å². The largest absolute Gasteiger partial charge is 0.294 e. The molecule has 0 aliphatic heterocycles. The van der Waals surface area contributed by atoms with E-state index in [2.05, 4.69) is 49.5 Å². The van der Waals surface area contributed by atoms with Crippen molar-refractivity contribution in [2.45, 2.75) is 32.4 Å². The lowest BCUT2D eigenvalue weighted by molar-refractivity contribution is 0.630. The summed E-state index contributed by atoms with van der Waals surface area (Å²) < 4.78 is 0. The molecule has 2 rings (SSSR count). The summed E-state index contributed by atoms with van der Waals surface area (Å²) in [6.45, 7) is 5.04. The zero-order valence-corrected chi connectivity index (χ0v) is 12.0. The number of benzene rings is 2. The number of nitriles is 1. The molecular formula is C18H20N2. The van der Waals surface area contributed by atoms with Gasteiger partial charge in [-0.2, -0.15) is 5.26 Å². The van der Waals surface area contributed by atoms with Crippen molar-refractivity contribution >= 4 is 0 Å². The van der Waals surface area contributed by atoms with E-state index < -0.39 is 0 Å². The van der Waals surface area contributed by atoms with Gasteiger partial charge in [-0.25, -0.2) is 0 Å². The highest BCUT2D eigenvalue weighted by atomic mass is 14.9. The second-order valence-electron chi connectivity index (χ2n) is 5.25. The molecule has 1 N–H and O–H groups in total. The summed E-state index contributed by atoms with van der Waals surface area (Å²) in [6.07, 6.45) is 0. The van der Waals surface area contributed by atoms with Gasteiger partial charge in [-0.05, 0) is 22.6 Å². The van der Waals surface area contributed by atoms with Crippen LogP contribution in [-0.2, 0) is 6.54 Å². The first-order valence-corrected chi connectivity index (χ1v) is 6.97. The standard InChI is InChI=1S/C18H20N2/c1-14(2)16-8-10-17(11-9-16)18(12-19)20-13-15-6-4-3-5-7-15/h3-11,14,18,20H,13H2,1-2H3. The Hall–Kier alpha value is -2.11. The zero-order valence-electron chi connectivity index (χ0n) is 12.0. The van der Waals surface area contributed by atoms with E-state index >= 15 is 0 Å². The topological polar surface area (TPSA) is 35.8 Å². The minimum Gasteiger partial charge on any atom is -0.294 e. The maximum absolute atomic E-state index is 9.32. The van der Waals surface area contributed by atoms with Gasteiger partial charge in [-0.15, -0.1) is 0 Å². The molecule has 0 spiro atoms. The van der Waals surface area contributed by atoms with Crippen LogP contribution in [0.15, 0.2) is 54.6 Å². The molecule has 0 heterocycles. The van der Waals surface area contributed by atoms with E-state index in [-0.39, 0.29) is 6.04 Å². The van der Waals surface area contributed by atoms with Crippen molar-refractivity contribution in [1.82, 2.24) is 5.32 Å². The molecule has 0 aromatic heterocycles. The summed E-state index contributed by atoms with van der Waals surface area (Å²) in [4.78, 5) is 0. The summed E-state index contributed by atoms with van der Waals surface area (Å²) in [7, 11) is 0. The molecule has 2 aromatic rings. The average molecular weight is 264 g/mol. The predicted molar refractivity (Wildman–Crippen MR) is 82.2 cm³/mol. The smallest absolute Gasteiger partial charge is 0.121 e. The third-order valence-corrected chi connectivity index (χ3v) is 3.42. The Kier molecular flexibility index (Phi) is 4.92. The maximum Gasteiger partial charge on any atom is 0.121 e. The molecule has 1 atom stereocenters. The van der Waals surface area contributed by atoms with E-state index in [9.17, 15) is 5.26 Å². The Balaban J connectivity index is 2.03. The van der Waals surface area contributed by atoms with E-state index in [0.717, 1.165) is 5.56 Å². The van der Waals surface area contributed by atoms with Crippen LogP contribution in [0.4, 0.5) is 0 Å². The molecule has 2 heteroatoms. The third-order valence-electron chi connectivity index (χ3n) is 3.42. The van der Waals surface area contributed by atoms with Crippen molar-refractivity contribution in [2.75, 3.05) is 0 Å². The monoisotopic (exact) mass is 264 g/mol. The molecule has 0 saturated carbocycles. The normalized spacial score (nSPS) is 12.1. The van der Waals surface area contributed by atoms with Crippen molar-refractivity contribution in [1.29, 1.82) is 5.26 Å². The van der Waals surface area contributed by atoms with Crippen molar-refractivity contribution in [3.8, 4) is 6.07 Å². The lowest BCUT2D eigenvalue weighted by atomic mass is 9.99. The van der Waals surface area contributed by atoms with Gasteiger partial charge in [0.15, 0.2) is 0 Å². The van der Waals surface area contributed by atoms with E-state index in [1.807, 2.05) is 30.3 Å². The molecule has 1 unspecified atom stereocenters. The van der Waals surface area contributed by atoms with Crippen LogP contribution in [-0.4, -0.2) is 0 Å². The quantitative estimate of drug-likeness (QED) is 0.880. The molecule has 0 radical (unpaired) electrons. The van der Waals surface area contributed by atoms with Crippen molar-refractivity contribution in [3.63, 3.8) is 0 Å². The van der Waals surface area contributed by atoms with Crippen LogP contribution in [0, 0.1) is 11.3 Å². The van der Waals surface area contributed by atoms with E-state index in [4.69, 9.17) is 0 Å². The summed E-state index contributed by atoms with van der Waals surface area (Å²) >= 11 is 0. The second kappa shape index (κ2) is 6.88. The third kappa shape index (κ3) is 3.69. The fourth-order valence-corrected chi connectivity index (χ4v) is 2.13. The summed E-state index contributed by atoms with van der Waals surface area (Å²) in [6, 6.07) is 20.5. The van der Waals surface area contributed by atoms with Gasteiger partial charge < -0.3 is 0 Å². The number of hydrogen-bond donors (Lipinski definition) is 1. The minimum absolute atomic E-state index is 0.267. The Bertz CT molecular complexity index is 565. The summed E-state index contributed by atoms with van der Waals surface area (Å²) in [5, 5.41) is 12.6. The second-order valence-corrected chi connectivity index (χ2v) is 5.25. The number of nitrogens with one attached hydrogen (secondary N) is 1. The van der Waals surface area contributed by atoms with Crippen LogP contribution in [0.3, 0.4) is 0 Å². The van der Waals surface area contributed by atoms with Crippen LogP contribution >= 0.6 is 0 Å². The number of nitrogens with zero attached hydrogens (tertiary/aromatic N) is 1. The van der Waals surface area contributed by atoms with E-state index in [0.29, 0.717) is 12.5 Å². The molecule has 0 amide bonds. The molecule has 102 valence electrons. The summed E-state index contributed by atoms with van der Waals surface area (Å²) in [5.41, 5.74) is 3.51. The fourth-order valence-electron chi connectivity index (χ4n) is 2.13. The highest BCUT2D eigenvalue weighted by Crippen LogP contribution is 2.18. The molecule has 2 nitrogen and oxygen atoms in total. The SMILES string of the molecule is CC(C)c1ccc(C(C#N)NCc2ccccc2)cc1. The Morgan fingerprint density at radius 1 is 0.950 bits per heavy atom. The van der Waals surface area contributed by atoms with Crippen molar-refractivity contribution in [3.05, 3.63) is 71.3 Å². The van der Waals surface area contributed by atoms with Gasteiger partial charge in [0.05, 0.1) is 6.07 Å². The molecule has 0 aliphatic carbocycles. The molecule has 0 aliphatic rings. The summed E-state index contributed by atoms with van der Waals surface area (Å²) in [5.74, 6) is 0.516. The molecule has 20 heavy (non-hydrogen) atoms. The fraction of sp³-hybridized carbons (Fsp3) is 0.278. The first-order valence-electron chi connectivity index (χ1n) is 6.97. The van der Waals surface area contributed by atoms with Gasteiger partial charge in [-0.3, -0.25) is 5.32 Å². The Labute approximate surface area is 121 Å². The molecule has 2 aromatic carbocycles. The lowest BCUT2D eigenvalue weighted by Gasteiger charge is -2.13. The molecular weight excluding hydrogens is 244 g/mol. The number of rotatable bonds is 5. The first kappa shape index (κ1) is 14.3. The average Bonchev–Trinajstić information content (AvgIpc) is 2.49. The van der Waals surface area contributed by atoms with Gasteiger partial charge in [0.1, 0.15) is 6.04 Å². The number of hydrogen-bond acceptors (Lipinski definition) is 2. The Morgan fingerprint density at radius 3 is 2.10 bits per heavy atom. The van der Waals surface area contributed by atoms with Crippen LogP contribution < -0.4 is 5.32 Å². The highest BCUT2D eigenvalue weighted by molar-refractivity contribution is 5.30. The molecule has 0 saturated heterocycles. The van der Waals surface area contributed by atoms with Crippen LogP contribution in [0.2, 0.25) is 0 Å². The van der Waals surface area contributed by atoms with Gasteiger partial charge in [0, 0.05) is 6.54 Å².